The summed E-state index contributed by atoms with van der Waals surface area (Å²) in [6.07, 6.45) is 2.07. The number of nitrogens with two attached hydrogens (primary N) is 1. The van der Waals surface area contributed by atoms with Crippen molar-refractivity contribution < 1.29 is 29.0 Å². The van der Waals surface area contributed by atoms with Crippen LogP contribution in [0.4, 0.5) is 4.79 Å². The zero-order valence-corrected chi connectivity index (χ0v) is 19.9. The fourth-order valence-corrected chi connectivity index (χ4v) is 3.20. The van der Waals surface area contributed by atoms with Crippen molar-refractivity contribution in [3.8, 4) is 0 Å². The average molecular weight is 451 g/mol. The molecule has 1 rings (SSSR count). The molecule has 0 aliphatic carbocycles. The maximum Gasteiger partial charge on any atom is 0.407 e. The number of hydrogen-bond donors (Lipinski definition) is 3. The van der Waals surface area contributed by atoms with E-state index < -0.39 is 29.6 Å². The molecular weight excluding hydrogens is 412 g/mol. The molecule has 0 unspecified atom stereocenters. The third-order valence-corrected chi connectivity index (χ3v) is 4.99. The quantitative estimate of drug-likeness (QED) is 0.392. The number of hydrogen-bond acceptors (Lipinski definition) is 5. The summed E-state index contributed by atoms with van der Waals surface area (Å²) in [5.74, 6) is -1.21. The third kappa shape index (κ3) is 11.7. The largest absolute Gasteiger partial charge is 0.481 e. The predicted octanol–water partition coefficient (Wildman–Crippen LogP) is 3.86. The zero-order valence-electron chi connectivity index (χ0n) is 19.9. The Balaban J connectivity index is 2.67. The topological polar surface area (TPSA) is 128 Å². The van der Waals surface area contributed by atoms with Gasteiger partial charge in [-0.1, -0.05) is 18.2 Å². The standard InChI is InChI=1S/C24H38N2O6/c1-16-14-18(8-6-7-9-22(28)29)10-11-19(16)15-31-17(2)20(12-13-21(25)27)26-23(30)32-24(3,4)5/h10-11,14,17,20H,6-9,12-13,15H2,1-5H3,(H2,25,27)(H,26,30)(H,28,29)/t17-,20+/m1/s1. The van der Waals surface area contributed by atoms with Crippen molar-refractivity contribution in [1.82, 2.24) is 5.32 Å². The first kappa shape index (κ1) is 27.4. The second kappa shape index (κ2) is 13.1. The Kier molecular flexibility index (Phi) is 11.2. The first-order chi connectivity index (χ1) is 14.9. The summed E-state index contributed by atoms with van der Waals surface area (Å²) in [5, 5.41) is 11.5. The molecule has 0 heterocycles. The fraction of sp³-hybridized carbons (Fsp3) is 0.625. The number of unbranched alkanes of at least 4 members (excludes halogenated alkanes) is 1. The van der Waals surface area contributed by atoms with Crippen LogP contribution in [0.5, 0.6) is 0 Å². The van der Waals surface area contributed by atoms with Crippen LogP contribution in [0.2, 0.25) is 0 Å². The van der Waals surface area contributed by atoms with E-state index in [2.05, 4.69) is 11.4 Å². The Morgan fingerprint density at radius 2 is 1.84 bits per heavy atom. The van der Waals surface area contributed by atoms with Crippen LogP contribution in [0.15, 0.2) is 18.2 Å². The second-order valence-electron chi connectivity index (χ2n) is 9.14. The van der Waals surface area contributed by atoms with Gasteiger partial charge in [0.2, 0.25) is 5.91 Å². The summed E-state index contributed by atoms with van der Waals surface area (Å²) in [6, 6.07) is 5.70. The molecule has 180 valence electrons. The highest BCUT2D eigenvalue weighted by atomic mass is 16.6. The van der Waals surface area contributed by atoms with Gasteiger partial charge in [-0.05, 0) is 77.0 Å². The molecule has 0 aliphatic rings. The first-order valence-corrected chi connectivity index (χ1v) is 11.1. The Morgan fingerprint density at radius 3 is 2.41 bits per heavy atom. The van der Waals surface area contributed by atoms with Crippen LogP contribution in [0.25, 0.3) is 0 Å². The molecule has 2 atom stereocenters. The van der Waals surface area contributed by atoms with E-state index >= 15 is 0 Å². The molecule has 0 saturated carbocycles. The van der Waals surface area contributed by atoms with Gasteiger partial charge in [0.15, 0.2) is 0 Å². The van der Waals surface area contributed by atoms with Gasteiger partial charge in [-0.2, -0.15) is 0 Å². The Hall–Kier alpha value is -2.61. The molecule has 32 heavy (non-hydrogen) atoms. The fourth-order valence-electron chi connectivity index (χ4n) is 3.20. The summed E-state index contributed by atoms with van der Waals surface area (Å²) in [5.41, 5.74) is 7.92. The molecule has 0 radical (unpaired) electrons. The molecule has 8 nitrogen and oxygen atoms in total. The number of carboxylic acid groups (broad SMARTS) is 1. The molecular formula is C24H38N2O6. The summed E-state index contributed by atoms with van der Waals surface area (Å²) >= 11 is 0. The van der Waals surface area contributed by atoms with Crippen LogP contribution in [0, 0.1) is 6.92 Å². The highest BCUT2D eigenvalue weighted by molar-refractivity contribution is 5.74. The van der Waals surface area contributed by atoms with E-state index in [0.29, 0.717) is 19.4 Å². The van der Waals surface area contributed by atoms with Gasteiger partial charge in [0.05, 0.1) is 18.8 Å². The Bertz CT molecular complexity index is 772. The number of aryl methyl sites for hydroxylation is 2. The van der Waals surface area contributed by atoms with E-state index in [1.807, 2.05) is 26.0 Å². The van der Waals surface area contributed by atoms with Crippen LogP contribution in [-0.4, -0.2) is 40.8 Å². The number of benzene rings is 1. The van der Waals surface area contributed by atoms with Crippen molar-refractivity contribution in [2.75, 3.05) is 0 Å². The Morgan fingerprint density at radius 1 is 1.16 bits per heavy atom. The number of nitrogens with one attached hydrogen (secondary N) is 1. The van der Waals surface area contributed by atoms with Gasteiger partial charge in [0.25, 0.3) is 0 Å². The SMILES string of the molecule is Cc1cc(CCCCC(=O)O)ccc1CO[C@H](C)[C@H](CCC(N)=O)NC(=O)OC(C)(C)C. The maximum absolute atomic E-state index is 12.2. The van der Waals surface area contributed by atoms with E-state index in [9.17, 15) is 14.4 Å². The number of primary amides is 1. The van der Waals surface area contributed by atoms with Crippen molar-refractivity contribution >= 4 is 18.0 Å². The molecule has 0 bridgehead atoms. The smallest absolute Gasteiger partial charge is 0.407 e. The lowest BCUT2D eigenvalue weighted by Gasteiger charge is -2.27. The predicted molar refractivity (Wildman–Crippen MR) is 122 cm³/mol. The van der Waals surface area contributed by atoms with Crippen LogP contribution < -0.4 is 11.1 Å². The molecule has 0 fully saturated rings. The first-order valence-electron chi connectivity index (χ1n) is 11.1. The van der Waals surface area contributed by atoms with E-state index in [1.54, 1.807) is 20.8 Å². The lowest BCUT2D eigenvalue weighted by molar-refractivity contribution is -0.137. The van der Waals surface area contributed by atoms with E-state index in [1.165, 1.54) is 0 Å². The highest BCUT2D eigenvalue weighted by Crippen LogP contribution is 2.17. The molecule has 4 N–H and O–H groups in total. The molecule has 2 amide bonds. The number of carbonyl (C=O) groups excluding carboxylic acids is 2. The van der Waals surface area contributed by atoms with Crippen molar-refractivity contribution in [2.45, 2.75) is 97.5 Å². The van der Waals surface area contributed by atoms with Crippen molar-refractivity contribution in [2.24, 2.45) is 5.73 Å². The third-order valence-electron chi connectivity index (χ3n) is 4.99. The number of carbonyl (C=O) groups is 3. The van der Waals surface area contributed by atoms with E-state index in [-0.39, 0.29) is 18.9 Å². The number of amides is 2. The molecule has 0 saturated heterocycles. The zero-order chi connectivity index (χ0) is 24.3. The average Bonchev–Trinajstić information content (AvgIpc) is 2.65. The van der Waals surface area contributed by atoms with Crippen molar-refractivity contribution in [3.05, 3.63) is 34.9 Å². The minimum atomic E-state index is -0.766. The van der Waals surface area contributed by atoms with Gasteiger partial charge in [0.1, 0.15) is 5.60 Å². The van der Waals surface area contributed by atoms with Gasteiger partial charge in [-0.25, -0.2) is 4.79 Å². The molecule has 1 aromatic rings. The van der Waals surface area contributed by atoms with Gasteiger partial charge >= 0.3 is 12.1 Å². The van der Waals surface area contributed by atoms with Crippen LogP contribution in [-0.2, 0) is 32.1 Å². The van der Waals surface area contributed by atoms with E-state index in [4.69, 9.17) is 20.3 Å². The van der Waals surface area contributed by atoms with Gasteiger partial charge in [0, 0.05) is 12.8 Å². The molecule has 0 aromatic heterocycles. The van der Waals surface area contributed by atoms with Crippen molar-refractivity contribution in [3.63, 3.8) is 0 Å². The minimum absolute atomic E-state index is 0.129. The maximum atomic E-state index is 12.2. The van der Waals surface area contributed by atoms with Crippen LogP contribution in [0.3, 0.4) is 0 Å². The molecule has 8 heteroatoms. The molecule has 1 aromatic carbocycles. The number of ether oxygens (including phenoxy) is 2. The number of alkyl carbamates (subject to hydrolysis) is 1. The summed E-state index contributed by atoms with van der Waals surface area (Å²) < 4.78 is 11.3. The lowest BCUT2D eigenvalue weighted by Crippen LogP contribution is -2.45. The van der Waals surface area contributed by atoms with Crippen molar-refractivity contribution in [1.29, 1.82) is 0 Å². The Labute approximate surface area is 190 Å². The van der Waals surface area contributed by atoms with Gasteiger partial charge < -0.3 is 25.6 Å². The summed E-state index contributed by atoms with van der Waals surface area (Å²) in [7, 11) is 0. The minimum Gasteiger partial charge on any atom is -0.481 e. The number of carboxylic acids is 1. The summed E-state index contributed by atoms with van der Waals surface area (Å²) in [4.78, 5) is 34.0. The second-order valence-corrected chi connectivity index (χ2v) is 9.14. The van der Waals surface area contributed by atoms with Gasteiger partial charge in [-0.3, -0.25) is 9.59 Å². The summed E-state index contributed by atoms with van der Waals surface area (Å²) in [6.45, 7) is 9.55. The van der Waals surface area contributed by atoms with E-state index in [0.717, 1.165) is 29.5 Å². The molecule has 0 spiro atoms. The number of rotatable bonds is 13. The van der Waals surface area contributed by atoms with Gasteiger partial charge in [-0.15, -0.1) is 0 Å². The number of aliphatic carboxylic acids is 1. The molecule has 0 aliphatic heterocycles. The highest BCUT2D eigenvalue weighted by Gasteiger charge is 2.24. The normalized spacial score (nSPS) is 13.3. The van der Waals surface area contributed by atoms with Crippen LogP contribution >= 0.6 is 0 Å². The van der Waals surface area contributed by atoms with Crippen LogP contribution in [0.1, 0.15) is 76.5 Å². The lowest BCUT2D eigenvalue weighted by atomic mass is 10.0. The monoisotopic (exact) mass is 450 g/mol.